The van der Waals surface area contributed by atoms with E-state index in [9.17, 15) is 15.0 Å². The molecule has 0 aliphatic heterocycles. The molecule has 0 aliphatic carbocycles. The fourth-order valence-electron chi connectivity index (χ4n) is 2.28. The Bertz CT molecular complexity index is 721. The minimum Gasteiger partial charge on any atom is -0.445 e. The second-order valence-electron chi connectivity index (χ2n) is 5.46. The van der Waals surface area contributed by atoms with Gasteiger partial charge in [-0.25, -0.2) is 4.79 Å². The van der Waals surface area contributed by atoms with Crippen LogP contribution in [-0.2, 0) is 11.3 Å². The van der Waals surface area contributed by atoms with Crippen LogP contribution >= 0.6 is 0 Å². The Kier molecular flexibility index (Phi) is 6.50. The van der Waals surface area contributed by atoms with E-state index in [0.29, 0.717) is 11.1 Å². The Hall–Kier alpha value is -2.90. The van der Waals surface area contributed by atoms with Gasteiger partial charge in [-0.3, -0.25) is 5.41 Å². The van der Waals surface area contributed by atoms with Gasteiger partial charge < -0.3 is 26.0 Å². The number of amidine groups is 1. The number of carbonyl (C=O) groups is 1. The van der Waals surface area contributed by atoms with Gasteiger partial charge in [0.2, 0.25) is 0 Å². The summed E-state index contributed by atoms with van der Waals surface area (Å²) in [5.74, 6) is -0.211. The Morgan fingerprint density at radius 2 is 1.76 bits per heavy atom. The Morgan fingerprint density at radius 3 is 2.44 bits per heavy atom. The van der Waals surface area contributed by atoms with Gasteiger partial charge in [-0.15, -0.1) is 0 Å². The summed E-state index contributed by atoms with van der Waals surface area (Å²) in [4.78, 5) is 11.7. The van der Waals surface area contributed by atoms with Crippen molar-refractivity contribution in [2.75, 3.05) is 6.54 Å². The van der Waals surface area contributed by atoms with E-state index in [1.54, 1.807) is 24.3 Å². The van der Waals surface area contributed by atoms with Gasteiger partial charge in [-0.2, -0.15) is 0 Å². The highest BCUT2D eigenvalue weighted by atomic mass is 16.5. The van der Waals surface area contributed by atoms with Gasteiger partial charge in [0, 0.05) is 12.1 Å². The third-order valence-electron chi connectivity index (χ3n) is 3.60. The van der Waals surface area contributed by atoms with Gasteiger partial charge in [0.05, 0.1) is 0 Å². The van der Waals surface area contributed by atoms with Crippen LogP contribution in [0.1, 0.15) is 22.8 Å². The van der Waals surface area contributed by atoms with Crippen LogP contribution in [0.15, 0.2) is 54.6 Å². The number of alkyl carbamates (subject to hydrolysis) is 1. The molecule has 0 saturated carbocycles. The van der Waals surface area contributed by atoms with Crippen molar-refractivity contribution in [3.05, 3.63) is 71.3 Å². The Labute approximate surface area is 145 Å². The number of carbonyl (C=O) groups excluding carboxylic acids is 1. The van der Waals surface area contributed by atoms with E-state index in [2.05, 4.69) is 5.32 Å². The summed E-state index contributed by atoms with van der Waals surface area (Å²) >= 11 is 0. The maximum absolute atomic E-state index is 11.7. The molecule has 0 heterocycles. The molecule has 7 heteroatoms. The Morgan fingerprint density at radius 1 is 1.12 bits per heavy atom. The van der Waals surface area contributed by atoms with Crippen molar-refractivity contribution < 1.29 is 19.7 Å². The molecule has 2 aromatic rings. The maximum Gasteiger partial charge on any atom is 0.407 e. The smallest absolute Gasteiger partial charge is 0.407 e. The summed E-state index contributed by atoms with van der Waals surface area (Å²) in [5, 5.41) is 30.2. The molecule has 0 fully saturated rings. The highest BCUT2D eigenvalue weighted by Crippen LogP contribution is 2.20. The average molecular weight is 343 g/mol. The third kappa shape index (κ3) is 5.30. The van der Waals surface area contributed by atoms with Crippen LogP contribution in [-0.4, -0.2) is 34.8 Å². The van der Waals surface area contributed by atoms with Crippen LogP contribution in [0.4, 0.5) is 4.79 Å². The highest BCUT2D eigenvalue weighted by molar-refractivity contribution is 5.96. The maximum atomic E-state index is 11.7. The standard InChI is InChI=1S/C18H21N3O4/c19-17(20)14-9-5-4-8-13(14)16(23)15(22)10-21-18(24)25-11-12-6-2-1-3-7-12/h1-9,15-16,22-23H,10-11H2,(H3,19,20)(H,21,24). The molecule has 2 rings (SSSR count). The van der Waals surface area contributed by atoms with Gasteiger partial charge in [0.15, 0.2) is 0 Å². The summed E-state index contributed by atoms with van der Waals surface area (Å²) in [6.45, 7) is -0.0977. The molecule has 6 N–H and O–H groups in total. The van der Waals surface area contributed by atoms with Crippen LogP contribution in [0.3, 0.4) is 0 Å². The number of nitrogens with one attached hydrogen (secondary N) is 2. The highest BCUT2D eigenvalue weighted by Gasteiger charge is 2.22. The molecule has 0 aromatic heterocycles. The summed E-state index contributed by atoms with van der Waals surface area (Å²) in [5.41, 5.74) is 6.97. The average Bonchev–Trinajstić information content (AvgIpc) is 2.64. The SMILES string of the molecule is N=C(N)c1ccccc1C(O)C(O)CNC(=O)OCc1ccccc1. The minimum absolute atomic E-state index is 0.110. The molecule has 0 aliphatic rings. The molecule has 0 spiro atoms. The summed E-state index contributed by atoms with van der Waals surface area (Å²) < 4.78 is 5.03. The number of aliphatic hydroxyl groups excluding tert-OH is 2. The number of amides is 1. The molecular weight excluding hydrogens is 322 g/mol. The summed E-state index contributed by atoms with van der Waals surface area (Å²) in [6.07, 6.45) is -3.27. The van der Waals surface area contributed by atoms with Crippen molar-refractivity contribution in [2.45, 2.75) is 18.8 Å². The van der Waals surface area contributed by atoms with E-state index in [1.165, 1.54) is 0 Å². The first-order chi connectivity index (χ1) is 12.0. The third-order valence-corrected chi connectivity index (χ3v) is 3.60. The second-order valence-corrected chi connectivity index (χ2v) is 5.46. The summed E-state index contributed by atoms with van der Waals surface area (Å²) in [7, 11) is 0. The fraction of sp³-hybridized carbons (Fsp3) is 0.222. The van der Waals surface area contributed by atoms with Crippen molar-refractivity contribution in [3.8, 4) is 0 Å². The van der Waals surface area contributed by atoms with E-state index >= 15 is 0 Å². The molecule has 132 valence electrons. The van der Waals surface area contributed by atoms with Gasteiger partial charge in [0.25, 0.3) is 0 Å². The largest absolute Gasteiger partial charge is 0.445 e. The first-order valence-corrected chi connectivity index (χ1v) is 7.73. The quantitative estimate of drug-likeness (QED) is 0.382. The van der Waals surface area contributed by atoms with E-state index in [0.717, 1.165) is 5.56 Å². The lowest BCUT2D eigenvalue weighted by Gasteiger charge is -2.20. The number of benzene rings is 2. The predicted molar refractivity (Wildman–Crippen MR) is 93.1 cm³/mol. The normalized spacial score (nSPS) is 12.9. The van der Waals surface area contributed by atoms with Gasteiger partial charge in [-0.05, 0) is 11.1 Å². The predicted octanol–water partition coefficient (Wildman–Crippen LogP) is 1.29. The lowest BCUT2D eigenvalue weighted by Crippen LogP contribution is -2.36. The van der Waals surface area contributed by atoms with Crippen molar-refractivity contribution >= 4 is 11.9 Å². The van der Waals surface area contributed by atoms with Gasteiger partial charge in [-0.1, -0.05) is 54.6 Å². The molecule has 2 aromatic carbocycles. The van der Waals surface area contributed by atoms with Crippen LogP contribution in [0.2, 0.25) is 0 Å². The number of nitrogens with two attached hydrogens (primary N) is 1. The second kappa shape index (κ2) is 8.81. The van der Waals surface area contributed by atoms with E-state index in [1.807, 2.05) is 30.3 Å². The van der Waals surface area contributed by atoms with Crippen LogP contribution in [0, 0.1) is 5.41 Å². The van der Waals surface area contributed by atoms with E-state index < -0.39 is 18.3 Å². The molecule has 2 unspecified atom stereocenters. The van der Waals surface area contributed by atoms with E-state index in [-0.39, 0.29) is 19.0 Å². The van der Waals surface area contributed by atoms with Gasteiger partial charge in [0.1, 0.15) is 24.7 Å². The molecule has 25 heavy (non-hydrogen) atoms. The molecule has 0 bridgehead atoms. The monoisotopic (exact) mass is 343 g/mol. The number of nitrogen functional groups attached to an aromatic ring is 1. The molecule has 1 amide bonds. The molecular formula is C18H21N3O4. The molecule has 7 nitrogen and oxygen atoms in total. The number of hydrogen-bond donors (Lipinski definition) is 5. The lowest BCUT2D eigenvalue weighted by molar-refractivity contribution is 0.0183. The number of rotatable bonds is 7. The number of hydrogen-bond acceptors (Lipinski definition) is 5. The van der Waals surface area contributed by atoms with Crippen LogP contribution in [0.25, 0.3) is 0 Å². The van der Waals surface area contributed by atoms with Crippen molar-refractivity contribution in [3.63, 3.8) is 0 Å². The van der Waals surface area contributed by atoms with E-state index in [4.69, 9.17) is 15.9 Å². The van der Waals surface area contributed by atoms with Crippen molar-refractivity contribution in [2.24, 2.45) is 5.73 Å². The van der Waals surface area contributed by atoms with Crippen LogP contribution in [0.5, 0.6) is 0 Å². The first-order valence-electron chi connectivity index (χ1n) is 7.73. The number of ether oxygens (including phenoxy) is 1. The first kappa shape index (κ1) is 18.4. The minimum atomic E-state index is -1.30. The summed E-state index contributed by atoms with van der Waals surface area (Å²) in [6, 6.07) is 15.7. The molecule has 0 saturated heterocycles. The zero-order chi connectivity index (χ0) is 18.2. The van der Waals surface area contributed by atoms with Crippen molar-refractivity contribution in [1.29, 1.82) is 5.41 Å². The topological polar surface area (TPSA) is 129 Å². The van der Waals surface area contributed by atoms with Gasteiger partial charge >= 0.3 is 6.09 Å². The zero-order valence-corrected chi connectivity index (χ0v) is 13.6. The fourth-order valence-corrected chi connectivity index (χ4v) is 2.28. The molecule has 0 radical (unpaired) electrons. The zero-order valence-electron chi connectivity index (χ0n) is 13.6. The molecule has 2 atom stereocenters. The van der Waals surface area contributed by atoms with Crippen LogP contribution < -0.4 is 11.1 Å². The lowest BCUT2D eigenvalue weighted by atomic mass is 9.98. The number of aliphatic hydroxyl groups is 2. The van der Waals surface area contributed by atoms with Crippen molar-refractivity contribution in [1.82, 2.24) is 5.32 Å². The Balaban J connectivity index is 1.86.